The van der Waals surface area contributed by atoms with Crippen LogP contribution in [0.25, 0.3) is 6.08 Å². The Morgan fingerprint density at radius 1 is 1.22 bits per heavy atom. The number of hydrogen-bond donors (Lipinski definition) is 1. The maximum Gasteiger partial charge on any atom is 0.330 e. The van der Waals surface area contributed by atoms with Crippen molar-refractivity contribution in [3.63, 3.8) is 0 Å². The zero-order valence-corrected chi connectivity index (χ0v) is 21.6. The Bertz CT molecular complexity index is 1070. The van der Waals surface area contributed by atoms with Crippen LogP contribution in [0.3, 0.4) is 0 Å². The molecule has 5 nitrogen and oxygen atoms in total. The zero-order chi connectivity index (χ0) is 26.2. The monoisotopic (exact) mass is 501 g/mol. The topological polar surface area (TPSA) is 59.0 Å². The third-order valence-corrected chi connectivity index (χ3v) is 6.78. The van der Waals surface area contributed by atoms with E-state index in [0.717, 1.165) is 36.9 Å². The first kappa shape index (κ1) is 28.0. The second kappa shape index (κ2) is 13.1. The number of carbonyl (C=O) groups is 1. The van der Waals surface area contributed by atoms with Crippen molar-refractivity contribution < 1.29 is 28.2 Å². The number of aliphatic hydroxyl groups excluding tert-OH is 1. The smallest absolute Gasteiger partial charge is 0.330 e. The van der Waals surface area contributed by atoms with Crippen LogP contribution >= 0.6 is 0 Å². The largest absolute Gasteiger partial charge is 0.463 e. The number of aryl methyl sites for hydroxylation is 1. The predicted molar refractivity (Wildman–Crippen MR) is 137 cm³/mol. The first-order chi connectivity index (χ1) is 17.2. The Morgan fingerprint density at radius 3 is 2.72 bits per heavy atom. The van der Waals surface area contributed by atoms with Crippen molar-refractivity contribution in [2.24, 2.45) is 0 Å². The molecule has 2 aromatic carbocycles. The van der Waals surface area contributed by atoms with Gasteiger partial charge in [-0.3, -0.25) is 4.90 Å². The standard InChI is InChI=1S/C29H37F2NO4/c1-5-35-29(34)13-11-25-20(3)27(30)12-10-26(25)21(4)36-18-24(33)17-32-14-6-7-23(32)15-22-9-8-19(2)28(31)16-22/h8-13,16,21,23-24,33H,5-7,14-15,17-18H2,1-4H3/b13-11+/t21-,23+,24-/m1/s1. The summed E-state index contributed by atoms with van der Waals surface area (Å²) < 4.78 is 39.1. The van der Waals surface area contributed by atoms with Crippen molar-refractivity contribution in [1.29, 1.82) is 0 Å². The normalized spacial score (nSPS) is 18.0. The number of benzene rings is 2. The summed E-state index contributed by atoms with van der Waals surface area (Å²) in [5.74, 6) is -1.06. The number of esters is 1. The van der Waals surface area contributed by atoms with Gasteiger partial charge in [0.2, 0.25) is 0 Å². The summed E-state index contributed by atoms with van der Waals surface area (Å²) in [7, 11) is 0. The Kier molecular flexibility index (Phi) is 10.2. The van der Waals surface area contributed by atoms with Gasteiger partial charge < -0.3 is 14.6 Å². The van der Waals surface area contributed by atoms with E-state index < -0.39 is 18.2 Å². The number of hydrogen-bond acceptors (Lipinski definition) is 5. The van der Waals surface area contributed by atoms with E-state index in [4.69, 9.17) is 9.47 Å². The first-order valence-corrected chi connectivity index (χ1v) is 12.6. The molecule has 0 unspecified atom stereocenters. The van der Waals surface area contributed by atoms with E-state index in [0.29, 0.717) is 23.2 Å². The fourth-order valence-electron chi connectivity index (χ4n) is 4.71. The maximum atomic E-state index is 14.2. The SMILES string of the molecule is CCOC(=O)/C=C/c1c([C@@H](C)OC[C@H](O)CN2CCC[C@H]2Cc2ccc(C)c(F)c2)ccc(F)c1C. The molecule has 196 valence electrons. The van der Waals surface area contributed by atoms with Crippen LogP contribution in [0.4, 0.5) is 8.78 Å². The average molecular weight is 502 g/mol. The molecule has 0 aliphatic carbocycles. The van der Waals surface area contributed by atoms with Crippen LogP contribution in [0, 0.1) is 25.5 Å². The molecule has 0 radical (unpaired) electrons. The fraction of sp³-hybridized carbons (Fsp3) is 0.483. The molecular weight excluding hydrogens is 464 g/mol. The number of β-amino-alcohol motifs (C(OH)–C–C–N with tert-alkyl or cyclic N) is 1. The summed E-state index contributed by atoms with van der Waals surface area (Å²) >= 11 is 0. The van der Waals surface area contributed by atoms with Gasteiger partial charge in [0.15, 0.2) is 0 Å². The van der Waals surface area contributed by atoms with E-state index in [2.05, 4.69) is 4.90 Å². The van der Waals surface area contributed by atoms with Gasteiger partial charge in [-0.15, -0.1) is 0 Å². The van der Waals surface area contributed by atoms with E-state index >= 15 is 0 Å². The summed E-state index contributed by atoms with van der Waals surface area (Å²) in [4.78, 5) is 14.0. The quantitative estimate of drug-likeness (QED) is 0.334. The van der Waals surface area contributed by atoms with Gasteiger partial charge in [-0.25, -0.2) is 13.6 Å². The molecule has 1 heterocycles. The van der Waals surface area contributed by atoms with Gasteiger partial charge >= 0.3 is 5.97 Å². The predicted octanol–water partition coefficient (Wildman–Crippen LogP) is 5.30. The second-order valence-electron chi connectivity index (χ2n) is 9.47. The van der Waals surface area contributed by atoms with Gasteiger partial charge in [0.25, 0.3) is 0 Å². The molecular formula is C29H37F2NO4. The van der Waals surface area contributed by atoms with Crippen molar-refractivity contribution in [2.45, 2.75) is 65.2 Å². The average Bonchev–Trinajstić information content (AvgIpc) is 3.27. The maximum absolute atomic E-state index is 14.2. The number of halogens is 2. The van der Waals surface area contributed by atoms with Crippen LogP contribution in [0.5, 0.6) is 0 Å². The second-order valence-corrected chi connectivity index (χ2v) is 9.47. The number of aliphatic hydroxyl groups is 1. The van der Waals surface area contributed by atoms with Gasteiger partial charge in [-0.05, 0) is 99.5 Å². The molecule has 1 aliphatic rings. The highest BCUT2D eigenvalue weighted by Gasteiger charge is 2.27. The number of likely N-dealkylation sites (tertiary alicyclic amines) is 1. The van der Waals surface area contributed by atoms with Crippen LogP contribution in [-0.2, 0) is 20.7 Å². The number of ether oxygens (including phenoxy) is 2. The summed E-state index contributed by atoms with van der Waals surface area (Å²) in [5.41, 5.74) is 3.30. The minimum atomic E-state index is -0.706. The van der Waals surface area contributed by atoms with Crippen LogP contribution in [0.1, 0.15) is 60.6 Å². The Hall–Kier alpha value is -2.61. The molecule has 3 rings (SSSR count). The Labute approximate surface area is 212 Å². The van der Waals surface area contributed by atoms with Crippen LogP contribution < -0.4 is 0 Å². The Balaban J connectivity index is 1.59. The molecule has 0 bridgehead atoms. The van der Waals surface area contributed by atoms with Crippen molar-refractivity contribution in [3.8, 4) is 0 Å². The minimum Gasteiger partial charge on any atom is -0.463 e. The molecule has 36 heavy (non-hydrogen) atoms. The molecule has 1 aliphatic heterocycles. The highest BCUT2D eigenvalue weighted by atomic mass is 19.1. The van der Waals surface area contributed by atoms with Crippen LogP contribution in [0.2, 0.25) is 0 Å². The number of nitrogens with zero attached hydrogens (tertiary/aromatic N) is 1. The molecule has 1 fully saturated rings. The fourth-order valence-corrected chi connectivity index (χ4v) is 4.71. The van der Waals surface area contributed by atoms with Crippen LogP contribution in [0.15, 0.2) is 36.4 Å². The lowest BCUT2D eigenvalue weighted by molar-refractivity contribution is -0.137. The summed E-state index contributed by atoms with van der Waals surface area (Å²) in [5, 5.41) is 10.7. The molecule has 0 aromatic heterocycles. The molecule has 2 aromatic rings. The molecule has 0 amide bonds. The van der Waals surface area contributed by atoms with E-state index in [9.17, 15) is 18.7 Å². The lowest BCUT2D eigenvalue weighted by Crippen LogP contribution is -2.39. The Morgan fingerprint density at radius 2 is 2.00 bits per heavy atom. The molecule has 0 saturated carbocycles. The third-order valence-electron chi connectivity index (χ3n) is 6.78. The van der Waals surface area contributed by atoms with E-state index in [1.807, 2.05) is 13.0 Å². The van der Waals surface area contributed by atoms with Gasteiger partial charge in [0, 0.05) is 18.7 Å². The van der Waals surface area contributed by atoms with Crippen molar-refractivity contribution in [2.75, 3.05) is 26.3 Å². The first-order valence-electron chi connectivity index (χ1n) is 12.6. The van der Waals surface area contributed by atoms with Crippen LogP contribution in [-0.4, -0.2) is 54.4 Å². The number of carbonyl (C=O) groups excluding carboxylic acids is 1. The molecule has 1 N–H and O–H groups in total. The third kappa shape index (κ3) is 7.45. The highest BCUT2D eigenvalue weighted by Crippen LogP contribution is 2.28. The van der Waals surface area contributed by atoms with E-state index in [-0.39, 0.29) is 30.9 Å². The summed E-state index contributed by atoms with van der Waals surface area (Å²) in [6.07, 6.45) is 4.48. The van der Waals surface area contributed by atoms with E-state index in [1.54, 1.807) is 45.0 Å². The van der Waals surface area contributed by atoms with Gasteiger partial charge in [0.1, 0.15) is 11.6 Å². The van der Waals surface area contributed by atoms with Gasteiger partial charge in [0.05, 0.1) is 25.4 Å². The summed E-state index contributed by atoms with van der Waals surface area (Å²) in [6.45, 7) is 8.68. The lowest BCUT2D eigenvalue weighted by atomic mass is 9.97. The molecule has 3 atom stereocenters. The lowest BCUT2D eigenvalue weighted by Gasteiger charge is -2.28. The number of rotatable bonds is 11. The van der Waals surface area contributed by atoms with Gasteiger partial charge in [-0.2, -0.15) is 0 Å². The molecule has 1 saturated heterocycles. The molecule has 7 heteroatoms. The highest BCUT2D eigenvalue weighted by molar-refractivity contribution is 5.87. The van der Waals surface area contributed by atoms with E-state index in [1.165, 1.54) is 12.1 Å². The van der Waals surface area contributed by atoms with Crippen molar-refractivity contribution >= 4 is 12.0 Å². The van der Waals surface area contributed by atoms with Crippen molar-refractivity contribution in [3.05, 3.63) is 75.9 Å². The van der Waals surface area contributed by atoms with Crippen molar-refractivity contribution in [1.82, 2.24) is 4.90 Å². The zero-order valence-electron chi connectivity index (χ0n) is 21.6. The van der Waals surface area contributed by atoms with Gasteiger partial charge in [-0.1, -0.05) is 18.2 Å². The molecule has 0 spiro atoms. The minimum absolute atomic E-state index is 0.112. The summed E-state index contributed by atoms with van der Waals surface area (Å²) in [6, 6.07) is 8.65.